The highest BCUT2D eigenvalue weighted by Gasteiger charge is 2.35. The molecule has 0 saturated carbocycles. The number of ether oxygens (including phenoxy) is 1. The minimum absolute atomic E-state index is 0.541. The van der Waals surface area contributed by atoms with Crippen LogP contribution in [0, 0.1) is 11.8 Å². The highest BCUT2D eigenvalue weighted by atomic mass is 35.5. The molecule has 3 atom stereocenters. The van der Waals surface area contributed by atoms with E-state index in [1.165, 1.54) is 18.4 Å². The maximum atomic E-state index is 6.37. The van der Waals surface area contributed by atoms with Gasteiger partial charge in [-0.3, -0.25) is 0 Å². The standard InChI is InChI=1S/C15H20ClNO/c16-15-4-2-1-3-13(15)14-9-17-7-5-12(14)11-6-8-18-10-11/h1-4,11-12,14,17H,5-10H2. The van der Waals surface area contributed by atoms with Crippen molar-refractivity contribution in [3.63, 3.8) is 0 Å². The van der Waals surface area contributed by atoms with E-state index in [1.54, 1.807) is 0 Å². The van der Waals surface area contributed by atoms with E-state index >= 15 is 0 Å². The highest BCUT2D eigenvalue weighted by molar-refractivity contribution is 6.31. The largest absolute Gasteiger partial charge is 0.381 e. The second-order valence-electron chi connectivity index (χ2n) is 5.41. The van der Waals surface area contributed by atoms with Crippen molar-refractivity contribution in [1.82, 2.24) is 5.32 Å². The van der Waals surface area contributed by atoms with E-state index in [2.05, 4.69) is 17.4 Å². The van der Waals surface area contributed by atoms with E-state index in [4.69, 9.17) is 16.3 Å². The minimum Gasteiger partial charge on any atom is -0.381 e. The van der Waals surface area contributed by atoms with Crippen molar-refractivity contribution < 1.29 is 4.74 Å². The molecule has 2 aliphatic heterocycles. The number of hydrogen-bond donors (Lipinski definition) is 1. The average Bonchev–Trinajstić information content (AvgIpc) is 2.93. The van der Waals surface area contributed by atoms with Gasteiger partial charge in [-0.2, -0.15) is 0 Å². The SMILES string of the molecule is Clc1ccccc1C1CNCCC1C1CCOC1. The molecule has 98 valence electrons. The Hall–Kier alpha value is -0.570. The summed E-state index contributed by atoms with van der Waals surface area (Å²) in [5, 5.41) is 4.43. The van der Waals surface area contributed by atoms with Gasteiger partial charge in [-0.05, 0) is 42.9 Å². The number of piperidine rings is 1. The number of benzene rings is 1. The first-order valence-electron chi connectivity index (χ1n) is 6.89. The third kappa shape index (κ3) is 2.42. The number of halogens is 1. The zero-order valence-electron chi connectivity index (χ0n) is 10.6. The van der Waals surface area contributed by atoms with Crippen LogP contribution in [0.2, 0.25) is 5.02 Å². The van der Waals surface area contributed by atoms with E-state index < -0.39 is 0 Å². The van der Waals surface area contributed by atoms with Crippen molar-refractivity contribution >= 4 is 11.6 Å². The molecule has 0 spiro atoms. The Labute approximate surface area is 114 Å². The van der Waals surface area contributed by atoms with Crippen molar-refractivity contribution in [3.05, 3.63) is 34.9 Å². The second kappa shape index (κ2) is 5.60. The van der Waals surface area contributed by atoms with Gasteiger partial charge in [-0.15, -0.1) is 0 Å². The Kier molecular flexibility index (Phi) is 3.88. The van der Waals surface area contributed by atoms with Gasteiger partial charge in [-0.25, -0.2) is 0 Å². The van der Waals surface area contributed by atoms with E-state index in [-0.39, 0.29) is 0 Å². The summed E-state index contributed by atoms with van der Waals surface area (Å²) >= 11 is 6.37. The molecule has 3 unspecified atom stereocenters. The smallest absolute Gasteiger partial charge is 0.0498 e. The van der Waals surface area contributed by atoms with Gasteiger partial charge in [0.2, 0.25) is 0 Å². The highest BCUT2D eigenvalue weighted by Crippen LogP contribution is 2.40. The second-order valence-corrected chi connectivity index (χ2v) is 5.82. The van der Waals surface area contributed by atoms with Crippen LogP contribution in [-0.2, 0) is 4.74 Å². The van der Waals surface area contributed by atoms with Gasteiger partial charge < -0.3 is 10.1 Å². The molecule has 3 rings (SSSR count). The Bertz CT molecular complexity index is 403. The van der Waals surface area contributed by atoms with E-state index in [0.29, 0.717) is 17.8 Å². The molecule has 2 nitrogen and oxygen atoms in total. The fourth-order valence-electron chi connectivity index (χ4n) is 3.45. The Morgan fingerprint density at radius 1 is 1.22 bits per heavy atom. The molecule has 0 amide bonds. The first-order valence-corrected chi connectivity index (χ1v) is 7.27. The van der Waals surface area contributed by atoms with Crippen LogP contribution in [0.4, 0.5) is 0 Å². The van der Waals surface area contributed by atoms with Crippen LogP contribution in [0.3, 0.4) is 0 Å². The van der Waals surface area contributed by atoms with Crippen LogP contribution in [-0.4, -0.2) is 26.3 Å². The van der Waals surface area contributed by atoms with Crippen LogP contribution >= 0.6 is 11.6 Å². The van der Waals surface area contributed by atoms with Crippen molar-refractivity contribution in [2.45, 2.75) is 18.8 Å². The third-order valence-corrected chi connectivity index (χ3v) is 4.75. The van der Waals surface area contributed by atoms with Crippen molar-refractivity contribution in [3.8, 4) is 0 Å². The third-order valence-electron chi connectivity index (χ3n) is 4.41. The van der Waals surface area contributed by atoms with Gasteiger partial charge in [0, 0.05) is 30.7 Å². The molecule has 2 heterocycles. The molecule has 2 fully saturated rings. The molecule has 1 N–H and O–H groups in total. The molecule has 18 heavy (non-hydrogen) atoms. The summed E-state index contributed by atoms with van der Waals surface area (Å²) in [6, 6.07) is 8.30. The molecular weight excluding hydrogens is 246 g/mol. The molecule has 0 aliphatic carbocycles. The lowest BCUT2D eigenvalue weighted by Gasteiger charge is -2.36. The predicted molar refractivity (Wildman–Crippen MR) is 74.1 cm³/mol. The lowest BCUT2D eigenvalue weighted by molar-refractivity contribution is 0.154. The fraction of sp³-hybridized carbons (Fsp3) is 0.600. The maximum absolute atomic E-state index is 6.37. The lowest BCUT2D eigenvalue weighted by Crippen LogP contribution is -2.38. The van der Waals surface area contributed by atoms with Crippen LogP contribution in [0.15, 0.2) is 24.3 Å². The van der Waals surface area contributed by atoms with Gasteiger partial charge in [0.1, 0.15) is 0 Å². The average molecular weight is 266 g/mol. The van der Waals surface area contributed by atoms with Crippen LogP contribution in [0.5, 0.6) is 0 Å². The van der Waals surface area contributed by atoms with Gasteiger partial charge in [0.25, 0.3) is 0 Å². The first kappa shape index (κ1) is 12.5. The summed E-state index contributed by atoms with van der Waals surface area (Å²) in [7, 11) is 0. The molecule has 0 aromatic heterocycles. The molecule has 0 bridgehead atoms. The van der Waals surface area contributed by atoms with E-state index in [0.717, 1.165) is 31.3 Å². The lowest BCUT2D eigenvalue weighted by atomic mass is 9.74. The molecule has 2 aliphatic rings. The van der Waals surface area contributed by atoms with Gasteiger partial charge >= 0.3 is 0 Å². The molecule has 3 heteroatoms. The molecule has 0 radical (unpaired) electrons. The predicted octanol–water partition coefficient (Wildman–Crippen LogP) is 3.07. The number of nitrogens with one attached hydrogen (secondary N) is 1. The fourth-order valence-corrected chi connectivity index (χ4v) is 3.73. The van der Waals surface area contributed by atoms with Crippen LogP contribution < -0.4 is 5.32 Å². The summed E-state index contributed by atoms with van der Waals surface area (Å²) in [5.74, 6) is 1.97. The summed E-state index contributed by atoms with van der Waals surface area (Å²) in [6.45, 7) is 4.04. The molecule has 1 aromatic rings. The normalized spacial score (nSPS) is 32.6. The van der Waals surface area contributed by atoms with Gasteiger partial charge in [0.05, 0.1) is 0 Å². The minimum atomic E-state index is 0.541. The zero-order chi connectivity index (χ0) is 12.4. The number of rotatable bonds is 2. The summed E-state index contributed by atoms with van der Waals surface area (Å²) in [5.41, 5.74) is 1.31. The molecule has 1 aromatic carbocycles. The van der Waals surface area contributed by atoms with Gasteiger partial charge in [-0.1, -0.05) is 29.8 Å². The van der Waals surface area contributed by atoms with Gasteiger partial charge in [0.15, 0.2) is 0 Å². The maximum Gasteiger partial charge on any atom is 0.0498 e. The Balaban J connectivity index is 1.85. The molecule has 2 saturated heterocycles. The summed E-state index contributed by atoms with van der Waals surface area (Å²) in [4.78, 5) is 0. The first-order chi connectivity index (χ1) is 8.86. The Morgan fingerprint density at radius 2 is 2.11 bits per heavy atom. The van der Waals surface area contributed by atoms with Crippen LogP contribution in [0.1, 0.15) is 24.3 Å². The van der Waals surface area contributed by atoms with E-state index in [1.807, 2.05) is 12.1 Å². The summed E-state index contributed by atoms with van der Waals surface area (Å²) < 4.78 is 5.57. The topological polar surface area (TPSA) is 21.3 Å². The monoisotopic (exact) mass is 265 g/mol. The quantitative estimate of drug-likeness (QED) is 0.887. The van der Waals surface area contributed by atoms with Crippen molar-refractivity contribution in [2.24, 2.45) is 11.8 Å². The zero-order valence-corrected chi connectivity index (χ0v) is 11.3. The van der Waals surface area contributed by atoms with Crippen molar-refractivity contribution in [2.75, 3.05) is 26.3 Å². The van der Waals surface area contributed by atoms with E-state index in [9.17, 15) is 0 Å². The van der Waals surface area contributed by atoms with Crippen LogP contribution in [0.25, 0.3) is 0 Å². The van der Waals surface area contributed by atoms with Crippen molar-refractivity contribution in [1.29, 1.82) is 0 Å². The summed E-state index contributed by atoms with van der Waals surface area (Å²) in [6.07, 6.45) is 2.45. The molecular formula is C15H20ClNO. The number of hydrogen-bond acceptors (Lipinski definition) is 2. The Morgan fingerprint density at radius 3 is 2.89 bits per heavy atom.